The highest BCUT2D eigenvalue weighted by Crippen LogP contribution is 2.21. The fraction of sp³-hybridized carbons (Fsp3) is 0.609. The molecular formula is C23H36N4O4. The fourth-order valence-electron chi connectivity index (χ4n) is 3.72. The lowest BCUT2D eigenvalue weighted by Gasteiger charge is -2.30. The fourth-order valence-corrected chi connectivity index (χ4v) is 3.72. The largest absolute Gasteiger partial charge is 0.494 e. The number of carbonyl (C=O) groups is 3. The van der Waals surface area contributed by atoms with Crippen molar-refractivity contribution in [2.24, 2.45) is 11.7 Å². The van der Waals surface area contributed by atoms with Gasteiger partial charge in [0.2, 0.25) is 17.7 Å². The summed E-state index contributed by atoms with van der Waals surface area (Å²) in [5.41, 5.74) is 6.67. The van der Waals surface area contributed by atoms with Crippen molar-refractivity contribution < 1.29 is 19.1 Å². The zero-order valence-electron chi connectivity index (χ0n) is 19.0. The number of ether oxygens (including phenoxy) is 1. The Kier molecular flexibility index (Phi) is 9.30. The molecule has 0 bridgehead atoms. The van der Waals surface area contributed by atoms with Gasteiger partial charge in [0.05, 0.1) is 12.6 Å². The Bertz CT molecular complexity index is 766. The Morgan fingerprint density at radius 3 is 2.58 bits per heavy atom. The quantitative estimate of drug-likeness (QED) is 0.514. The van der Waals surface area contributed by atoms with Gasteiger partial charge in [-0.2, -0.15) is 0 Å². The monoisotopic (exact) mass is 432 g/mol. The maximum Gasteiger partial charge on any atom is 0.246 e. The van der Waals surface area contributed by atoms with Gasteiger partial charge in [0, 0.05) is 13.1 Å². The Morgan fingerprint density at radius 2 is 1.94 bits per heavy atom. The van der Waals surface area contributed by atoms with Gasteiger partial charge < -0.3 is 26.0 Å². The van der Waals surface area contributed by atoms with E-state index < -0.39 is 18.1 Å². The maximum atomic E-state index is 13.1. The summed E-state index contributed by atoms with van der Waals surface area (Å²) in [5.74, 6) is -0.0690. The third-order valence-corrected chi connectivity index (χ3v) is 5.45. The van der Waals surface area contributed by atoms with Crippen molar-refractivity contribution in [3.63, 3.8) is 0 Å². The predicted octanol–water partition coefficient (Wildman–Crippen LogP) is 1.22. The minimum Gasteiger partial charge on any atom is -0.494 e. The minimum atomic E-state index is -0.704. The first-order valence-electron chi connectivity index (χ1n) is 11.1. The second kappa shape index (κ2) is 11.7. The van der Waals surface area contributed by atoms with Crippen LogP contribution in [0.4, 0.5) is 0 Å². The van der Waals surface area contributed by atoms with Crippen molar-refractivity contribution >= 4 is 17.7 Å². The van der Waals surface area contributed by atoms with Gasteiger partial charge in [0.1, 0.15) is 17.8 Å². The van der Waals surface area contributed by atoms with Gasteiger partial charge in [-0.1, -0.05) is 32.0 Å². The summed E-state index contributed by atoms with van der Waals surface area (Å²) >= 11 is 0. The topological polar surface area (TPSA) is 114 Å². The average Bonchev–Trinajstić information content (AvgIpc) is 3.22. The lowest BCUT2D eigenvalue weighted by Crippen LogP contribution is -2.57. The van der Waals surface area contributed by atoms with E-state index >= 15 is 0 Å². The number of para-hydroxylation sites is 1. The zero-order chi connectivity index (χ0) is 23.0. The van der Waals surface area contributed by atoms with Crippen molar-refractivity contribution in [2.45, 2.75) is 65.1 Å². The van der Waals surface area contributed by atoms with Crippen LogP contribution in [0.15, 0.2) is 24.3 Å². The molecule has 0 radical (unpaired) electrons. The van der Waals surface area contributed by atoms with Crippen LogP contribution in [0.5, 0.6) is 5.75 Å². The standard InChI is InChI=1S/C23H36N4O4/c1-5-31-19-11-7-6-9-17(19)12-13-25-22(29)18-10-8-14-27(18)23(30)20(15(2)3)26-21(28)16(4)24/h6-7,9,11,15-16,18,20H,5,8,10,12-14,24H2,1-4H3,(H,25,29)(H,26,28)/t16-,18-,20-/m0/s1. The van der Waals surface area contributed by atoms with Gasteiger partial charge >= 0.3 is 0 Å². The van der Waals surface area contributed by atoms with E-state index in [1.807, 2.05) is 45.0 Å². The van der Waals surface area contributed by atoms with Gasteiger partial charge in [0.15, 0.2) is 0 Å². The van der Waals surface area contributed by atoms with E-state index in [1.165, 1.54) is 0 Å². The van der Waals surface area contributed by atoms with E-state index in [-0.39, 0.29) is 23.6 Å². The molecule has 3 amide bonds. The molecule has 1 fully saturated rings. The molecule has 1 aromatic rings. The molecule has 2 rings (SSSR count). The molecule has 1 aliphatic rings. The third kappa shape index (κ3) is 6.69. The number of carbonyl (C=O) groups excluding carboxylic acids is 3. The lowest BCUT2D eigenvalue weighted by atomic mass is 10.0. The van der Waals surface area contributed by atoms with Crippen molar-refractivity contribution in [3.8, 4) is 5.75 Å². The molecule has 4 N–H and O–H groups in total. The van der Waals surface area contributed by atoms with E-state index in [1.54, 1.807) is 11.8 Å². The van der Waals surface area contributed by atoms with Crippen LogP contribution in [0.1, 0.15) is 46.1 Å². The molecule has 8 nitrogen and oxygen atoms in total. The highest BCUT2D eigenvalue weighted by molar-refractivity contribution is 5.93. The van der Waals surface area contributed by atoms with Gasteiger partial charge in [-0.15, -0.1) is 0 Å². The summed E-state index contributed by atoms with van der Waals surface area (Å²) in [6, 6.07) is 5.83. The van der Waals surface area contributed by atoms with Crippen molar-refractivity contribution in [2.75, 3.05) is 19.7 Å². The van der Waals surface area contributed by atoms with Gasteiger partial charge in [-0.3, -0.25) is 14.4 Å². The van der Waals surface area contributed by atoms with Crippen molar-refractivity contribution in [1.82, 2.24) is 15.5 Å². The van der Waals surface area contributed by atoms with Crippen LogP contribution in [0, 0.1) is 5.92 Å². The summed E-state index contributed by atoms with van der Waals surface area (Å²) in [6.07, 6.45) is 2.00. The maximum absolute atomic E-state index is 13.1. The first-order valence-corrected chi connectivity index (χ1v) is 11.1. The first-order chi connectivity index (χ1) is 14.8. The SMILES string of the molecule is CCOc1ccccc1CCNC(=O)[C@@H]1CCCN1C(=O)[C@@H](NC(=O)[C@H](C)N)C(C)C. The van der Waals surface area contributed by atoms with Crippen molar-refractivity contribution in [3.05, 3.63) is 29.8 Å². The molecule has 0 unspecified atom stereocenters. The number of amides is 3. The van der Waals surface area contributed by atoms with Crippen LogP contribution in [0.2, 0.25) is 0 Å². The normalized spacial score (nSPS) is 17.9. The molecule has 1 aliphatic heterocycles. The molecular weight excluding hydrogens is 396 g/mol. The second-order valence-corrected chi connectivity index (χ2v) is 8.29. The van der Waals surface area contributed by atoms with E-state index in [2.05, 4.69) is 10.6 Å². The minimum absolute atomic E-state index is 0.116. The highest BCUT2D eigenvalue weighted by Gasteiger charge is 2.38. The lowest BCUT2D eigenvalue weighted by molar-refractivity contribution is -0.142. The smallest absolute Gasteiger partial charge is 0.246 e. The van der Waals surface area contributed by atoms with Crippen LogP contribution < -0.4 is 21.1 Å². The summed E-state index contributed by atoms with van der Waals surface area (Å²) in [6.45, 7) is 8.78. The Labute approximate surface area is 184 Å². The van der Waals surface area contributed by atoms with Gasteiger partial charge in [0.25, 0.3) is 0 Å². The number of benzene rings is 1. The Balaban J connectivity index is 1.98. The number of nitrogens with one attached hydrogen (secondary N) is 2. The number of nitrogens with zero attached hydrogens (tertiary/aromatic N) is 1. The Hall–Kier alpha value is -2.61. The average molecular weight is 433 g/mol. The molecule has 31 heavy (non-hydrogen) atoms. The molecule has 1 aromatic carbocycles. The van der Waals surface area contributed by atoms with Crippen LogP contribution >= 0.6 is 0 Å². The number of hydrogen-bond donors (Lipinski definition) is 3. The molecule has 0 saturated carbocycles. The van der Waals surface area contributed by atoms with Crippen LogP contribution in [0.3, 0.4) is 0 Å². The number of hydrogen-bond acceptors (Lipinski definition) is 5. The van der Waals surface area contributed by atoms with Gasteiger partial charge in [-0.25, -0.2) is 0 Å². The third-order valence-electron chi connectivity index (χ3n) is 5.45. The Morgan fingerprint density at radius 1 is 1.23 bits per heavy atom. The molecule has 1 saturated heterocycles. The number of likely N-dealkylation sites (tertiary alicyclic amines) is 1. The summed E-state index contributed by atoms with van der Waals surface area (Å²) < 4.78 is 5.63. The number of rotatable bonds is 10. The van der Waals surface area contributed by atoms with Crippen LogP contribution in [-0.4, -0.2) is 60.4 Å². The summed E-state index contributed by atoms with van der Waals surface area (Å²) in [5, 5.41) is 5.69. The van der Waals surface area contributed by atoms with E-state index in [9.17, 15) is 14.4 Å². The molecule has 1 heterocycles. The van der Waals surface area contributed by atoms with E-state index in [0.717, 1.165) is 17.7 Å². The molecule has 8 heteroatoms. The molecule has 0 aromatic heterocycles. The second-order valence-electron chi connectivity index (χ2n) is 8.29. The molecule has 3 atom stereocenters. The molecule has 0 spiro atoms. The number of nitrogens with two attached hydrogens (primary N) is 1. The van der Waals surface area contributed by atoms with Crippen molar-refractivity contribution in [1.29, 1.82) is 0 Å². The molecule has 172 valence electrons. The summed E-state index contributed by atoms with van der Waals surface area (Å²) in [4.78, 5) is 39.6. The van der Waals surface area contributed by atoms with E-state index in [0.29, 0.717) is 32.5 Å². The van der Waals surface area contributed by atoms with Gasteiger partial charge in [-0.05, 0) is 50.7 Å². The summed E-state index contributed by atoms with van der Waals surface area (Å²) in [7, 11) is 0. The van der Waals surface area contributed by atoms with Crippen LogP contribution in [0.25, 0.3) is 0 Å². The molecule has 0 aliphatic carbocycles. The predicted molar refractivity (Wildman–Crippen MR) is 119 cm³/mol. The first kappa shape index (κ1) is 24.7. The highest BCUT2D eigenvalue weighted by atomic mass is 16.5. The zero-order valence-corrected chi connectivity index (χ0v) is 19.0. The van der Waals surface area contributed by atoms with Crippen LogP contribution in [-0.2, 0) is 20.8 Å². The van der Waals surface area contributed by atoms with E-state index in [4.69, 9.17) is 10.5 Å².